The highest BCUT2D eigenvalue weighted by molar-refractivity contribution is 5.76. The minimum Gasteiger partial charge on any atom is -0.466 e. The third-order valence-electron chi connectivity index (χ3n) is 14.3. The van der Waals surface area contributed by atoms with Gasteiger partial charge in [-0.1, -0.05) is 289 Å². The summed E-state index contributed by atoms with van der Waals surface area (Å²) in [5, 5.41) is 23.4. The number of amides is 1. The van der Waals surface area contributed by atoms with Crippen molar-refractivity contribution in [2.24, 2.45) is 0 Å². The molecule has 0 aliphatic carbocycles. The average molecular weight is 959 g/mol. The predicted molar refractivity (Wildman–Crippen MR) is 296 cm³/mol. The minimum absolute atomic E-state index is 0.0265. The lowest BCUT2D eigenvalue weighted by Crippen LogP contribution is -2.45. The van der Waals surface area contributed by atoms with Crippen LogP contribution in [-0.4, -0.2) is 47.4 Å². The molecule has 68 heavy (non-hydrogen) atoms. The van der Waals surface area contributed by atoms with Crippen LogP contribution in [0.1, 0.15) is 335 Å². The van der Waals surface area contributed by atoms with E-state index in [1.165, 1.54) is 231 Å². The van der Waals surface area contributed by atoms with E-state index in [4.69, 9.17) is 4.74 Å². The van der Waals surface area contributed by atoms with Crippen molar-refractivity contribution in [3.05, 3.63) is 24.3 Å². The molecule has 0 aromatic rings. The van der Waals surface area contributed by atoms with E-state index in [1.54, 1.807) is 0 Å². The molecule has 0 saturated heterocycles. The summed E-state index contributed by atoms with van der Waals surface area (Å²) in [5.74, 6) is -0.0777. The number of hydrogen-bond donors (Lipinski definition) is 3. The first-order valence-electron chi connectivity index (χ1n) is 30.6. The molecule has 0 aromatic heterocycles. The number of unbranched alkanes of at least 4 members (excludes halogenated alkanes) is 42. The van der Waals surface area contributed by atoms with E-state index in [9.17, 15) is 19.8 Å². The Balaban J connectivity index is 3.46. The summed E-state index contributed by atoms with van der Waals surface area (Å²) in [6, 6.07) is -0.558. The van der Waals surface area contributed by atoms with Gasteiger partial charge in [-0.05, 0) is 57.8 Å². The van der Waals surface area contributed by atoms with Crippen LogP contribution in [0.2, 0.25) is 0 Å². The first-order chi connectivity index (χ1) is 33.5. The fourth-order valence-electron chi connectivity index (χ4n) is 9.55. The predicted octanol–water partition coefficient (Wildman–Crippen LogP) is 19.0. The van der Waals surface area contributed by atoms with E-state index in [1.807, 2.05) is 0 Å². The maximum atomic E-state index is 12.5. The molecule has 3 N–H and O–H groups in total. The van der Waals surface area contributed by atoms with Gasteiger partial charge in [-0.3, -0.25) is 9.59 Å². The van der Waals surface area contributed by atoms with E-state index in [0.29, 0.717) is 25.9 Å². The molecule has 6 nitrogen and oxygen atoms in total. The van der Waals surface area contributed by atoms with Crippen molar-refractivity contribution in [2.45, 2.75) is 347 Å². The van der Waals surface area contributed by atoms with Crippen LogP contribution in [0, 0.1) is 0 Å². The summed E-state index contributed by atoms with van der Waals surface area (Å²) in [6.07, 6.45) is 70.3. The average Bonchev–Trinajstić information content (AvgIpc) is 3.34. The molecule has 0 rings (SSSR count). The molecule has 0 aliphatic heterocycles. The molecule has 0 radical (unpaired) electrons. The lowest BCUT2D eigenvalue weighted by molar-refractivity contribution is -0.143. The van der Waals surface area contributed by atoms with E-state index < -0.39 is 12.1 Å². The van der Waals surface area contributed by atoms with Crippen molar-refractivity contribution >= 4 is 11.9 Å². The van der Waals surface area contributed by atoms with Crippen molar-refractivity contribution in [2.75, 3.05) is 13.2 Å². The van der Waals surface area contributed by atoms with Crippen LogP contribution < -0.4 is 5.32 Å². The summed E-state index contributed by atoms with van der Waals surface area (Å²) < 4.78 is 5.46. The van der Waals surface area contributed by atoms with Crippen LogP contribution in [0.4, 0.5) is 0 Å². The Morgan fingerprint density at radius 3 is 1.15 bits per heavy atom. The number of aliphatic hydroxyl groups is 2. The van der Waals surface area contributed by atoms with Gasteiger partial charge in [0.25, 0.3) is 0 Å². The molecule has 0 heterocycles. The molecule has 2 atom stereocenters. The lowest BCUT2D eigenvalue weighted by atomic mass is 10.0. The Hall–Kier alpha value is -1.66. The van der Waals surface area contributed by atoms with E-state index >= 15 is 0 Å². The van der Waals surface area contributed by atoms with Crippen LogP contribution in [0.25, 0.3) is 0 Å². The smallest absolute Gasteiger partial charge is 0.305 e. The Kier molecular flexibility index (Phi) is 56.5. The second kappa shape index (κ2) is 57.9. The van der Waals surface area contributed by atoms with Crippen molar-refractivity contribution in [1.82, 2.24) is 5.32 Å². The minimum atomic E-state index is -0.679. The van der Waals surface area contributed by atoms with Crippen LogP contribution in [0.15, 0.2) is 24.3 Å². The normalized spacial score (nSPS) is 12.7. The number of ether oxygens (including phenoxy) is 1. The third kappa shape index (κ3) is 53.7. The van der Waals surface area contributed by atoms with Gasteiger partial charge >= 0.3 is 5.97 Å². The van der Waals surface area contributed by atoms with E-state index in [-0.39, 0.29) is 18.5 Å². The number of carbonyl (C=O) groups excluding carboxylic acids is 2. The zero-order valence-electron chi connectivity index (χ0n) is 45.9. The Labute approximate surface area is 424 Å². The standard InChI is InChI=1S/C62H119NO5/c1-3-5-7-9-11-13-15-17-19-20-21-22-23-24-25-26-27-28-30-31-34-38-42-46-50-54-60(65)59(58-64)63-61(66)55-51-47-43-39-35-33-37-41-45-49-53-57-68-62(67)56-52-48-44-40-36-32-29-18-16-14-12-10-8-6-4-2/h12,14,18,29,59-60,64-65H,3-11,13,15-17,19-28,30-58H2,1-2H3,(H,63,66)/b14-12-,29-18-. The van der Waals surface area contributed by atoms with Crippen molar-refractivity contribution < 1.29 is 24.5 Å². The summed E-state index contributed by atoms with van der Waals surface area (Å²) >= 11 is 0. The molecule has 0 fully saturated rings. The molecule has 402 valence electrons. The third-order valence-corrected chi connectivity index (χ3v) is 14.3. The molecular weight excluding hydrogens is 839 g/mol. The number of allylic oxidation sites excluding steroid dienone is 4. The van der Waals surface area contributed by atoms with Crippen LogP contribution in [0.5, 0.6) is 0 Å². The van der Waals surface area contributed by atoms with Crippen molar-refractivity contribution in [3.63, 3.8) is 0 Å². The maximum Gasteiger partial charge on any atom is 0.305 e. The van der Waals surface area contributed by atoms with Crippen LogP contribution in [0.3, 0.4) is 0 Å². The number of esters is 1. The number of hydrogen-bond acceptors (Lipinski definition) is 5. The first kappa shape index (κ1) is 66.3. The monoisotopic (exact) mass is 958 g/mol. The molecule has 2 unspecified atom stereocenters. The number of nitrogens with one attached hydrogen (secondary N) is 1. The second-order valence-electron chi connectivity index (χ2n) is 21.0. The Morgan fingerprint density at radius 1 is 0.412 bits per heavy atom. The van der Waals surface area contributed by atoms with Crippen molar-refractivity contribution in [1.29, 1.82) is 0 Å². The number of carbonyl (C=O) groups is 2. The molecule has 0 aromatic carbocycles. The van der Waals surface area contributed by atoms with Gasteiger partial charge in [0, 0.05) is 12.8 Å². The van der Waals surface area contributed by atoms with Gasteiger partial charge in [0.1, 0.15) is 0 Å². The zero-order chi connectivity index (χ0) is 49.3. The van der Waals surface area contributed by atoms with E-state index in [0.717, 1.165) is 70.6 Å². The quantitative estimate of drug-likeness (QED) is 0.0321. The van der Waals surface area contributed by atoms with Gasteiger partial charge in [0.15, 0.2) is 0 Å². The second-order valence-corrected chi connectivity index (χ2v) is 21.0. The summed E-state index contributed by atoms with van der Waals surface area (Å²) in [6.45, 7) is 4.90. The Morgan fingerprint density at radius 2 is 0.735 bits per heavy atom. The SMILES string of the molecule is CCCCC/C=C\C/C=C\CCCCCCCC(=O)OCCCCCCCCCCCCCC(=O)NC(CO)C(O)CCCCCCCCCCCCCCCCCCCCCCCCCCC. The topological polar surface area (TPSA) is 95.9 Å². The lowest BCUT2D eigenvalue weighted by Gasteiger charge is -2.22. The highest BCUT2D eigenvalue weighted by Crippen LogP contribution is 2.18. The first-order valence-corrected chi connectivity index (χ1v) is 30.6. The summed E-state index contributed by atoms with van der Waals surface area (Å²) in [4.78, 5) is 24.6. The van der Waals surface area contributed by atoms with Crippen LogP contribution in [-0.2, 0) is 14.3 Å². The van der Waals surface area contributed by atoms with Crippen LogP contribution >= 0.6 is 0 Å². The number of aliphatic hydroxyl groups excluding tert-OH is 2. The highest BCUT2D eigenvalue weighted by Gasteiger charge is 2.20. The largest absolute Gasteiger partial charge is 0.466 e. The van der Waals surface area contributed by atoms with E-state index in [2.05, 4.69) is 43.5 Å². The maximum absolute atomic E-state index is 12.5. The van der Waals surface area contributed by atoms with Gasteiger partial charge in [-0.2, -0.15) is 0 Å². The highest BCUT2D eigenvalue weighted by atomic mass is 16.5. The molecule has 1 amide bonds. The van der Waals surface area contributed by atoms with Gasteiger partial charge in [-0.15, -0.1) is 0 Å². The van der Waals surface area contributed by atoms with Crippen molar-refractivity contribution in [3.8, 4) is 0 Å². The van der Waals surface area contributed by atoms with Gasteiger partial charge in [0.05, 0.1) is 25.4 Å². The molecule has 0 saturated carbocycles. The summed E-state index contributed by atoms with van der Waals surface area (Å²) in [5.41, 5.74) is 0. The Bertz CT molecular complexity index is 1060. The molecular formula is C62H119NO5. The molecule has 6 heteroatoms. The molecule has 0 spiro atoms. The molecule has 0 bridgehead atoms. The zero-order valence-corrected chi connectivity index (χ0v) is 45.9. The number of rotatable bonds is 57. The van der Waals surface area contributed by atoms with Gasteiger partial charge in [0.2, 0.25) is 5.91 Å². The molecule has 0 aliphatic rings. The fraction of sp³-hybridized carbons (Fsp3) is 0.903. The fourth-order valence-corrected chi connectivity index (χ4v) is 9.55. The van der Waals surface area contributed by atoms with Gasteiger partial charge in [-0.25, -0.2) is 0 Å². The van der Waals surface area contributed by atoms with Gasteiger partial charge < -0.3 is 20.3 Å². The summed E-state index contributed by atoms with van der Waals surface area (Å²) in [7, 11) is 0.